The Morgan fingerprint density at radius 3 is 2.30 bits per heavy atom. The van der Waals surface area contributed by atoms with E-state index in [1.54, 1.807) is 17.5 Å². The fourth-order valence-electron chi connectivity index (χ4n) is 5.25. The second-order valence-corrected chi connectivity index (χ2v) is 10.4. The van der Waals surface area contributed by atoms with Gasteiger partial charge in [-0.3, -0.25) is 4.79 Å². The van der Waals surface area contributed by atoms with E-state index in [-0.39, 0.29) is 22.2 Å². The van der Waals surface area contributed by atoms with Gasteiger partial charge in [0, 0.05) is 5.54 Å². The topological polar surface area (TPSA) is 75.3 Å². The van der Waals surface area contributed by atoms with Crippen molar-refractivity contribution in [3.63, 3.8) is 0 Å². The first-order valence-electron chi connectivity index (χ1n) is 8.28. The molecular formula is C16H22N2O3S2. The van der Waals surface area contributed by atoms with Crippen LogP contribution in [0.2, 0.25) is 0 Å². The number of carbonyl (C=O) groups is 1. The minimum absolute atomic E-state index is 0.0692. The zero-order valence-corrected chi connectivity index (χ0v) is 14.6. The Kier molecular flexibility index (Phi) is 3.77. The van der Waals surface area contributed by atoms with Gasteiger partial charge in [0.1, 0.15) is 4.21 Å². The summed E-state index contributed by atoms with van der Waals surface area (Å²) in [5, 5.41) is 4.89. The molecule has 0 atom stereocenters. The highest BCUT2D eigenvalue weighted by Crippen LogP contribution is 2.55. The molecule has 0 aromatic carbocycles. The molecule has 126 valence electrons. The van der Waals surface area contributed by atoms with E-state index in [0.29, 0.717) is 0 Å². The van der Waals surface area contributed by atoms with Gasteiger partial charge in [-0.15, -0.1) is 11.3 Å². The van der Waals surface area contributed by atoms with Gasteiger partial charge in [-0.1, -0.05) is 6.07 Å². The van der Waals surface area contributed by atoms with Crippen molar-refractivity contribution in [2.24, 2.45) is 17.8 Å². The number of hydrogen-bond donors (Lipinski definition) is 2. The Morgan fingerprint density at radius 2 is 1.78 bits per heavy atom. The van der Waals surface area contributed by atoms with Crippen molar-refractivity contribution in [1.29, 1.82) is 0 Å². The van der Waals surface area contributed by atoms with Crippen molar-refractivity contribution in [1.82, 2.24) is 10.0 Å². The minimum atomic E-state index is -3.57. The van der Waals surface area contributed by atoms with Gasteiger partial charge in [-0.05, 0) is 67.7 Å². The lowest BCUT2D eigenvalue weighted by atomic mass is 9.53. The lowest BCUT2D eigenvalue weighted by molar-refractivity contribution is -0.125. The number of hydrogen-bond acceptors (Lipinski definition) is 4. The molecule has 1 aromatic heterocycles. The Labute approximate surface area is 140 Å². The third-order valence-electron chi connectivity index (χ3n) is 5.63. The number of nitrogens with one attached hydrogen (secondary N) is 2. The normalized spacial score (nSPS) is 35.4. The predicted octanol–water partition coefficient (Wildman–Crippen LogP) is 2.11. The van der Waals surface area contributed by atoms with Gasteiger partial charge in [-0.25, -0.2) is 13.1 Å². The molecule has 5 rings (SSSR count). The van der Waals surface area contributed by atoms with Crippen LogP contribution in [-0.4, -0.2) is 26.4 Å². The third-order valence-corrected chi connectivity index (χ3v) is 8.42. The molecular weight excluding hydrogens is 332 g/mol. The fourth-order valence-corrected chi connectivity index (χ4v) is 7.27. The average Bonchev–Trinajstić information content (AvgIpc) is 2.98. The third kappa shape index (κ3) is 3.06. The standard InChI is InChI=1S/C16H22N2O3S2/c19-14(10-17-23(20,21)15-2-1-3-22-15)18-16-7-11-4-12(8-16)6-13(5-11)9-16/h1-3,11-13,17H,4-10H2,(H,18,19). The van der Waals surface area contributed by atoms with Crippen molar-refractivity contribution >= 4 is 27.3 Å². The molecule has 23 heavy (non-hydrogen) atoms. The molecule has 7 heteroatoms. The van der Waals surface area contributed by atoms with Crippen molar-refractivity contribution in [3.8, 4) is 0 Å². The van der Waals surface area contributed by atoms with Crippen LogP contribution in [0.5, 0.6) is 0 Å². The molecule has 0 spiro atoms. The highest BCUT2D eigenvalue weighted by molar-refractivity contribution is 7.91. The average molecular weight is 354 g/mol. The van der Waals surface area contributed by atoms with Gasteiger partial charge in [0.05, 0.1) is 6.54 Å². The SMILES string of the molecule is O=C(CNS(=O)(=O)c1cccs1)NC12CC3CC(CC(C3)C1)C2. The molecule has 4 bridgehead atoms. The quantitative estimate of drug-likeness (QED) is 0.850. The molecule has 1 heterocycles. The highest BCUT2D eigenvalue weighted by Gasteiger charge is 2.51. The summed E-state index contributed by atoms with van der Waals surface area (Å²) in [5.74, 6) is 2.06. The zero-order chi connectivity index (χ0) is 16.1. The summed E-state index contributed by atoms with van der Waals surface area (Å²) in [5.41, 5.74) is -0.0692. The molecule has 0 saturated heterocycles. The van der Waals surface area contributed by atoms with Crippen molar-refractivity contribution in [2.45, 2.75) is 48.3 Å². The predicted molar refractivity (Wildman–Crippen MR) is 88.6 cm³/mol. The van der Waals surface area contributed by atoms with Crippen LogP contribution in [0, 0.1) is 17.8 Å². The Bertz CT molecular complexity index is 662. The van der Waals surface area contributed by atoms with E-state index in [2.05, 4.69) is 10.0 Å². The Balaban J connectivity index is 1.37. The number of sulfonamides is 1. The molecule has 0 aliphatic heterocycles. The van der Waals surface area contributed by atoms with Crippen LogP contribution in [0.1, 0.15) is 38.5 Å². The van der Waals surface area contributed by atoms with Crippen LogP contribution >= 0.6 is 11.3 Å². The largest absolute Gasteiger partial charge is 0.349 e. The zero-order valence-electron chi connectivity index (χ0n) is 13.0. The summed E-state index contributed by atoms with van der Waals surface area (Å²) in [6.07, 6.45) is 7.17. The van der Waals surface area contributed by atoms with E-state index in [9.17, 15) is 13.2 Å². The number of rotatable bonds is 5. The second-order valence-electron chi connectivity index (χ2n) is 7.50. The maximum atomic E-state index is 12.3. The molecule has 4 aliphatic rings. The summed E-state index contributed by atoms with van der Waals surface area (Å²) < 4.78 is 26.8. The molecule has 2 N–H and O–H groups in total. The lowest BCUT2D eigenvalue weighted by Gasteiger charge is -2.56. The monoisotopic (exact) mass is 354 g/mol. The van der Waals surface area contributed by atoms with E-state index in [1.165, 1.54) is 19.3 Å². The smallest absolute Gasteiger partial charge is 0.250 e. The van der Waals surface area contributed by atoms with Crippen LogP contribution < -0.4 is 10.0 Å². The molecule has 1 aromatic rings. The molecule has 1 amide bonds. The lowest BCUT2D eigenvalue weighted by Crippen LogP contribution is -2.60. The highest BCUT2D eigenvalue weighted by atomic mass is 32.2. The van der Waals surface area contributed by atoms with Gasteiger partial charge in [0.15, 0.2) is 0 Å². The first-order valence-corrected chi connectivity index (χ1v) is 10.6. The molecule has 0 unspecified atom stereocenters. The molecule has 4 aliphatic carbocycles. The van der Waals surface area contributed by atoms with Crippen molar-refractivity contribution in [2.75, 3.05) is 6.54 Å². The van der Waals surface area contributed by atoms with E-state index >= 15 is 0 Å². The van der Waals surface area contributed by atoms with E-state index in [4.69, 9.17) is 0 Å². The van der Waals surface area contributed by atoms with Crippen molar-refractivity contribution < 1.29 is 13.2 Å². The first-order chi connectivity index (χ1) is 10.9. The van der Waals surface area contributed by atoms with Gasteiger partial charge in [0.25, 0.3) is 10.0 Å². The van der Waals surface area contributed by atoms with Gasteiger partial charge in [0.2, 0.25) is 5.91 Å². The number of amides is 1. The van der Waals surface area contributed by atoms with Gasteiger partial charge in [-0.2, -0.15) is 0 Å². The Hall–Kier alpha value is -0.920. The number of carbonyl (C=O) groups excluding carboxylic acids is 1. The summed E-state index contributed by atoms with van der Waals surface area (Å²) in [6.45, 7) is -0.179. The van der Waals surface area contributed by atoms with E-state index < -0.39 is 10.0 Å². The fraction of sp³-hybridized carbons (Fsp3) is 0.688. The first kappa shape index (κ1) is 15.6. The summed E-state index contributed by atoms with van der Waals surface area (Å²) in [7, 11) is -3.57. The maximum Gasteiger partial charge on any atom is 0.250 e. The van der Waals surface area contributed by atoms with Gasteiger partial charge < -0.3 is 5.32 Å². The van der Waals surface area contributed by atoms with Crippen LogP contribution in [-0.2, 0) is 14.8 Å². The molecule has 4 saturated carbocycles. The maximum absolute atomic E-state index is 12.3. The second kappa shape index (κ2) is 5.57. The summed E-state index contributed by atoms with van der Waals surface area (Å²) >= 11 is 1.15. The number of thiophene rings is 1. The molecule has 0 radical (unpaired) electrons. The van der Waals surface area contributed by atoms with Gasteiger partial charge >= 0.3 is 0 Å². The van der Waals surface area contributed by atoms with Crippen LogP contribution in [0.15, 0.2) is 21.7 Å². The molecule has 4 fully saturated rings. The van der Waals surface area contributed by atoms with E-state index in [0.717, 1.165) is 48.4 Å². The van der Waals surface area contributed by atoms with Crippen molar-refractivity contribution in [3.05, 3.63) is 17.5 Å². The van der Waals surface area contributed by atoms with Crippen LogP contribution in [0.4, 0.5) is 0 Å². The van der Waals surface area contributed by atoms with E-state index in [1.807, 2.05) is 0 Å². The summed E-state index contributed by atoms with van der Waals surface area (Å²) in [6, 6.07) is 3.23. The summed E-state index contributed by atoms with van der Waals surface area (Å²) in [4.78, 5) is 12.3. The Morgan fingerprint density at radius 1 is 1.17 bits per heavy atom. The van der Waals surface area contributed by atoms with Crippen LogP contribution in [0.3, 0.4) is 0 Å². The van der Waals surface area contributed by atoms with Crippen LogP contribution in [0.25, 0.3) is 0 Å². The minimum Gasteiger partial charge on any atom is -0.349 e. The molecule has 5 nitrogen and oxygen atoms in total.